The third-order valence-corrected chi connectivity index (χ3v) is 2.68. The molecule has 0 saturated carbocycles. The zero-order valence-corrected chi connectivity index (χ0v) is 10.4. The minimum absolute atomic E-state index is 0.0175. The highest BCUT2D eigenvalue weighted by atomic mass is 19.1. The summed E-state index contributed by atoms with van der Waals surface area (Å²) in [6, 6.07) is 5.44. The molecule has 2 aromatic rings. The lowest BCUT2D eigenvalue weighted by atomic mass is 10.0. The summed E-state index contributed by atoms with van der Waals surface area (Å²) in [6.45, 7) is 1.36. The number of hydrogen-bond donors (Lipinski definition) is 0. The molecule has 0 N–H and O–H groups in total. The normalized spacial score (nSPS) is 10.3. The van der Waals surface area contributed by atoms with Gasteiger partial charge in [0.2, 0.25) is 0 Å². The first-order chi connectivity index (χ1) is 9.06. The van der Waals surface area contributed by atoms with Gasteiger partial charge in [0.15, 0.2) is 29.4 Å². The van der Waals surface area contributed by atoms with Crippen LogP contribution in [0.3, 0.4) is 0 Å². The fourth-order valence-corrected chi connectivity index (χ4v) is 1.77. The summed E-state index contributed by atoms with van der Waals surface area (Å²) in [6.07, 6.45) is 0.539. The Morgan fingerprint density at radius 1 is 1.37 bits per heavy atom. The van der Waals surface area contributed by atoms with Crippen molar-refractivity contribution in [2.45, 2.75) is 6.92 Å². The minimum atomic E-state index is -0.605. The number of carbonyl (C=O) groups excluding carboxylic acids is 2. The van der Waals surface area contributed by atoms with Gasteiger partial charge < -0.3 is 9.15 Å². The number of carbonyl (C=O) groups is 2. The Balaban J connectivity index is 2.64. The van der Waals surface area contributed by atoms with Gasteiger partial charge in [-0.05, 0) is 31.2 Å². The molecule has 0 aliphatic heterocycles. The van der Waals surface area contributed by atoms with Crippen molar-refractivity contribution in [1.29, 1.82) is 0 Å². The van der Waals surface area contributed by atoms with Crippen molar-refractivity contribution in [1.82, 2.24) is 0 Å². The van der Waals surface area contributed by atoms with E-state index in [9.17, 15) is 14.0 Å². The van der Waals surface area contributed by atoms with E-state index in [0.717, 1.165) is 6.07 Å². The predicted octanol–water partition coefficient (Wildman–Crippen LogP) is 3.11. The maximum Gasteiger partial charge on any atom is 0.185 e. The van der Waals surface area contributed by atoms with Crippen LogP contribution in [0.4, 0.5) is 4.39 Å². The first kappa shape index (κ1) is 13.0. The summed E-state index contributed by atoms with van der Waals surface area (Å²) in [5, 5.41) is 0. The van der Waals surface area contributed by atoms with Gasteiger partial charge in [-0.2, -0.15) is 0 Å². The van der Waals surface area contributed by atoms with Gasteiger partial charge in [-0.1, -0.05) is 0 Å². The lowest BCUT2D eigenvalue weighted by molar-refractivity contribution is 0.101. The summed E-state index contributed by atoms with van der Waals surface area (Å²) in [5.41, 5.74) is 0.559. The molecule has 0 radical (unpaired) electrons. The molecule has 0 fully saturated rings. The standard InChI is InChI=1S/C14H11FO4/c1-8(17)10-6-14(18-2)12(15)5-11(10)13-4-3-9(7-16)19-13/h3-7H,1-2H3. The number of halogens is 1. The molecule has 0 atom stereocenters. The highest BCUT2D eigenvalue weighted by Gasteiger charge is 2.17. The fraction of sp³-hybridized carbons (Fsp3) is 0.143. The molecule has 1 aromatic carbocycles. The molecule has 0 unspecified atom stereocenters. The van der Waals surface area contributed by atoms with Gasteiger partial charge in [-0.3, -0.25) is 9.59 Å². The molecular formula is C14H11FO4. The summed E-state index contributed by atoms with van der Waals surface area (Å²) in [7, 11) is 1.32. The number of methoxy groups -OCH3 is 1. The predicted molar refractivity (Wildman–Crippen MR) is 66.0 cm³/mol. The van der Waals surface area contributed by atoms with Crippen molar-refractivity contribution in [3.8, 4) is 17.1 Å². The number of Topliss-reactive ketones (excluding diaryl/α,β-unsaturated/α-hetero) is 1. The molecule has 0 amide bonds. The maximum atomic E-state index is 13.7. The maximum absolute atomic E-state index is 13.7. The second kappa shape index (κ2) is 5.06. The Kier molecular flexibility index (Phi) is 3.46. The van der Waals surface area contributed by atoms with Crippen LogP contribution in [-0.2, 0) is 0 Å². The highest BCUT2D eigenvalue weighted by Crippen LogP contribution is 2.31. The molecule has 2 rings (SSSR count). The van der Waals surface area contributed by atoms with Crippen LogP contribution in [0.25, 0.3) is 11.3 Å². The molecule has 1 aromatic heterocycles. The smallest absolute Gasteiger partial charge is 0.185 e. The van der Waals surface area contributed by atoms with Gasteiger partial charge in [-0.15, -0.1) is 0 Å². The van der Waals surface area contributed by atoms with Gasteiger partial charge in [0.05, 0.1) is 7.11 Å². The average Bonchev–Trinajstić information content (AvgIpc) is 2.86. The van der Waals surface area contributed by atoms with Crippen LogP contribution in [0.15, 0.2) is 28.7 Å². The van der Waals surface area contributed by atoms with E-state index in [2.05, 4.69) is 0 Å². The first-order valence-corrected chi connectivity index (χ1v) is 5.50. The van der Waals surface area contributed by atoms with E-state index >= 15 is 0 Å². The lowest BCUT2D eigenvalue weighted by Gasteiger charge is -2.08. The van der Waals surface area contributed by atoms with E-state index in [1.54, 1.807) is 0 Å². The van der Waals surface area contributed by atoms with Gasteiger partial charge in [-0.25, -0.2) is 4.39 Å². The third kappa shape index (κ3) is 2.40. The summed E-state index contributed by atoms with van der Waals surface area (Å²) >= 11 is 0. The fourth-order valence-electron chi connectivity index (χ4n) is 1.77. The third-order valence-electron chi connectivity index (χ3n) is 2.68. The van der Waals surface area contributed by atoms with Crippen LogP contribution in [0.5, 0.6) is 5.75 Å². The Morgan fingerprint density at radius 2 is 2.11 bits per heavy atom. The van der Waals surface area contributed by atoms with E-state index < -0.39 is 5.82 Å². The summed E-state index contributed by atoms with van der Waals surface area (Å²) in [4.78, 5) is 22.2. The SMILES string of the molecule is COc1cc(C(C)=O)c(-c2ccc(C=O)o2)cc1F. The van der Waals surface area contributed by atoms with Crippen molar-refractivity contribution in [3.63, 3.8) is 0 Å². The molecule has 0 spiro atoms. The number of furan rings is 1. The Labute approximate surface area is 108 Å². The molecule has 0 saturated heterocycles. The van der Waals surface area contributed by atoms with E-state index in [-0.39, 0.29) is 28.6 Å². The molecular weight excluding hydrogens is 251 g/mol. The number of aldehydes is 1. The van der Waals surface area contributed by atoms with Crippen LogP contribution in [0.2, 0.25) is 0 Å². The van der Waals surface area contributed by atoms with Crippen LogP contribution in [0.1, 0.15) is 27.8 Å². The average molecular weight is 262 g/mol. The molecule has 4 nitrogen and oxygen atoms in total. The van der Waals surface area contributed by atoms with Crippen LogP contribution in [0, 0.1) is 5.82 Å². The second-order valence-electron chi connectivity index (χ2n) is 3.91. The first-order valence-electron chi connectivity index (χ1n) is 5.50. The molecule has 98 valence electrons. The van der Waals surface area contributed by atoms with Crippen molar-refractivity contribution in [3.05, 3.63) is 41.4 Å². The van der Waals surface area contributed by atoms with Crippen molar-refractivity contribution in [2.75, 3.05) is 7.11 Å². The minimum Gasteiger partial charge on any atom is -0.494 e. The van der Waals surface area contributed by atoms with Crippen LogP contribution in [-0.4, -0.2) is 19.2 Å². The van der Waals surface area contributed by atoms with Gasteiger partial charge in [0, 0.05) is 11.1 Å². The van der Waals surface area contributed by atoms with E-state index in [0.29, 0.717) is 11.8 Å². The molecule has 1 heterocycles. The summed E-state index contributed by atoms with van der Waals surface area (Å²) < 4.78 is 23.8. The largest absolute Gasteiger partial charge is 0.494 e. The van der Waals surface area contributed by atoms with Crippen molar-refractivity contribution >= 4 is 12.1 Å². The quantitative estimate of drug-likeness (QED) is 0.627. The molecule has 0 aliphatic carbocycles. The zero-order valence-electron chi connectivity index (χ0n) is 10.4. The lowest BCUT2D eigenvalue weighted by Crippen LogP contribution is -1.99. The van der Waals surface area contributed by atoms with Gasteiger partial charge in [0.1, 0.15) is 5.76 Å². The molecule has 0 aliphatic rings. The molecule has 5 heteroatoms. The van der Waals surface area contributed by atoms with E-state index in [4.69, 9.17) is 9.15 Å². The van der Waals surface area contributed by atoms with E-state index in [1.165, 1.54) is 32.2 Å². The van der Waals surface area contributed by atoms with Gasteiger partial charge >= 0.3 is 0 Å². The van der Waals surface area contributed by atoms with Crippen molar-refractivity contribution in [2.24, 2.45) is 0 Å². The Bertz CT molecular complexity index is 643. The highest BCUT2D eigenvalue weighted by molar-refractivity contribution is 6.00. The second-order valence-corrected chi connectivity index (χ2v) is 3.91. The Morgan fingerprint density at radius 3 is 2.63 bits per heavy atom. The number of ether oxygens (including phenoxy) is 1. The van der Waals surface area contributed by atoms with Crippen LogP contribution >= 0.6 is 0 Å². The zero-order chi connectivity index (χ0) is 14.0. The molecule has 0 bridgehead atoms. The summed E-state index contributed by atoms with van der Waals surface area (Å²) in [5.74, 6) is -0.505. The van der Waals surface area contributed by atoms with Crippen molar-refractivity contribution < 1.29 is 23.1 Å². The topological polar surface area (TPSA) is 56.5 Å². The van der Waals surface area contributed by atoms with E-state index in [1.807, 2.05) is 0 Å². The Hall–Kier alpha value is -2.43. The number of ketones is 1. The number of benzene rings is 1. The number of hydrogen-bond acceptors (Lipinski definition) is 4. The van der Waals surface area contributed by atoms with Crippen LogP contribution < -0.4 is 4.74 Å². The monoisotopic (exact) mass is 262 g/mol. The number of rotatable bonds is 4. The molecule has 19 heavy (non-hydrogen) atoms. The van der Waals surface area contributed by atoms with Gasteiger partial charge in [0.25, 0.3) is 0 Å².